The van der Waals surface area contributed by atoms with Crippen LogP contribution in [0.3, 0.4) is 0 Å². The number of likely N-dealkylation sites (tertiary alicyclic amines) is 1. The van der Waals surface area contributed by atoms with Crippen molar-refractivity contribution in [3.63, 3.8) is 0 Å². The maximum Gasteiger partial charge on any atom is 0.282 e. The lowest BCUT2D eigenvalue weighted by molar-refractivity contribution is 0.0606. The maximum atomic E-state index is 14.4. The van der Waals surface area contributed by atoms with Crippen molar-refractivity contribution in [3.05, 3.63) is 35.9 Å². The van der Waals surface area contributed by atoms with Crippen LogP contribution in [0.4, 0.5) is 10.2 Å². The number of amides is 1. The molecule has 1 aromatic heterocycles. The van der Waals surface area contributed by atoms with E-state index in [1.165, 1.54) is 24.5 Å². The van der Waals surface area contributed by atoms with Gasteiger partial charge in [0.1, 0.15) is 17.9 Å². The Morgan fingerprint density at radius 2 is 1.80 bits per heavy atom. The summed E-state index contributed by atoms with van der Waals surface area (Å²) in [5, 5.41) is 11.6. The number of carbonyl (C=O) groups is 1. The van der Waals surface area contributed by atoms with E-state index in [0.29, 0.717) is 37.4 Å². The van der Waals surface area contributed by atoms with E-state index in [9.17, 15) is 17.6 Å². The lowest BCUT2D eigenvalue weighted by atomic mass is 9.72. The highest BCUT2D eigenvalue weighted by molar-refractivity contribution is 7.86. The number of piperidine rings is 2. The molecule has 1 N–H and O–H groups in total. The zero-order valence-corrected chi connectivity index (χ0v) is 31.1. The van der Waals surface area contributed by atoms with Crippen LogP contribution in [0, 0.1) is 17.2 Å². The number of rotatable bonds is 10. The Kier molecular flexibility index (Phi) is 10.9. The molecule has 1 amide bonds. The number of benzene rings is 1. The first-order valence-corrected chi connectivity index (χ1v) is 19.3. The first-order valence-electron chi connectivity index (χ1n) is 17.9. The molecular formula is C34H51ClFN9O4S. The maximum absolute atomic E-state index is 14.4. The molecule has 0 saturated carbocycles. The van der Waals surface area contributed by atoms with Crippen LogP contribution in [0.2, 0.25) is 0 Å². The van der Waals surface area contributed by atoms with Crippen molar-refractivity contribution in [3.8, 4) is 11.6 Å². The largest absolute Gasteiger partial charge is 0.434 e. The zero-order valence-electron chi connectivity index (χ0n) is 29.5. The average Bonchev–Trinajstić information content (AvgIpc) is 3.70. The molecule has 5 saturated heterocycles. The van der Waals surface area contributed by atoms with E-state index < -0.39 is 16.0 Å². The van der Waals surface area contributed by atoms with E-state index in [-0.39, 0.29) is 59.0 Å². The van der Waals surface area contributed by atoms with Crippen LogP contribution in [0.5, 0.6) is 11.6 Å². The molecule has 0 radical (unpaired) electrons. The van der Waals surface area contributed by atoms with Crippen LogP contribution >= 0.6 is 12.4 Å². The summed E-state index contributed by atoms with van der Waals surface area (Å²) in [7, 11) is -3.37. The molecule has 2 bridgehead atoms. The Hall–Kier alpha value is -2.69. The molecule has 1 spiro atoms. The fourth-order valence-electron chi connectivity index (χ4n) is 8.69. The molecule has 50 heavy (non-hydrogen) atoms. The molecule has 5 aliphatic heterocycles. The molecule has 13 nitrogen and oxygen atoms in total. The number of ether oxygens (including phenoxy) is 1. The van der Waals surface area contributed by atoms with Gasteiger partial charge in [0.2, 0.25) is 0 Å². The molecular weight excluding hydrogens is 685 g/mol. The van der Waals surface area contributed by atoms with Crippen LogP contribution < -0.4 is 15.0 Å². The highest BCUT2D eigenvalue weighted by atomic mass is 35.5. The van der Waals surface area contributed by atoms with Crippen molar-refractivity contribution >= 4 is 34.3 Å². The Morgan fingerprint density at radius 3 is 2.42 bits per heavy atom. The summed E-state index contributed by atoms with van der Waals surface area (Å²) in [5.41, 5.74) is 0.321. The first-order chi connectivity index (χ1) is 23.4. The number of anilines is 1. The minimum absolute atomic E-state index is 0. The minimum atomic E-state index is -3.37. The standard InChI is InChI=1S/C34H50FN9O4S.ClH/c1-23(2)44(24(3)4)33(45)29-15-26(35)5-6-30(29)48-32-31(37-22-38-39-32)41-20-34(21-41)9-13-40(14-10-34)18-25-7-11-42(12-8-25)49(46,47)43-19-27-16-28(43)17-36-27;/h5-6,15,22-25,27-28,36H,7-14,16-21H2,1-4H3;1H/t27-,28-;/m0./s1. The molecule has 16 heteroatoms. The van der Waals surface area contributed by atoms with E-state index in [1.807, 2.05) is 27.7 Å². The van der Waals surface area contributed by atoms with Gasteiger partial charge in [-0.1, -0.05) is 0 Å². The summed E-state index contributed by atoms with van der Waals surface area (Å²) < 4.78 is 50.6. The van der Waals surface area contributed by atoms with Gasteiger partial charge >= 0.3 is 0 Å². The van der Waals surface area contributed by atoms with Crippen LogP contribution in [-0.2, 0) is 10.2 Å². The monoisotopic (exact) mass is 735 g/mol. The Labute approximate surface area is 301 Å². The number of hydrogen-bond acceptors (Lipinski definition) is 10. The van der Waals surface area contributed by atoms with Gasteiger partial charge in [-0.05, 0) is 97.0 Å². The van der Waals surface area contributed by atoms with Gasteiger partial charge in [0, 0.05) is 75.4 Å². The van der Waals surface area contributed by atoms with Gasteiger partial charge in [0.25, 0.3) is 22.0 Å². The number of aromatic nitrogens is 3. The van der Waals surface area contributed by atoms with Gasteiger partial charge in [-0.3, -0.25) is 4.79 Å². The van der Waals surface area contributed by atoms with Gasteiger partial charge in [-0.15, -0.1) is 22.6 Å². The predicted molar refractivity (Wildman–Crippen MR) is 190 cm³/mol. The van der Waals surface area contributed by atoms with Crippen molar-refractivity contribution in [2.24, 2.45) is 11.3 Å². The van der Waals surface area contributed by atoms with Crippen LogP contribution in [0.25, 0.3) is 0 Å². The smallest absolute Gasteiger partial charge is 0.282 e. The van der Waals surface area contributed by atoms with E-state index in [1.54, 1.807) is 13.5 Å². The fraction of sp³-hybridized carbons (Fsp3) is 0.706. The lowest BCUT2D eigenvalue weighted by Gasteiger charge is -2.54. The number of fused-ring (bicyclic) bond motifs is 2. The molecule has 5 fully saturated rings. The predicted octanol–water partition coefficient (Wildman–Crippen LogP) is 3.39. The van der Waals surface area contributed by atoms with Crippen molar-refractivity contribution in [2.75, 3.05) is 63.8 Å². The molecule has 276 valence electrons. The number of piperazine rings is 1. The summed E-state index contributed by atoms with van der Waals surface area (Å²) in [4.78, 5) is 24.5. The zero-order chi connectivity index (χ0) is 34.5. The Bertz CT molecular complexity index is 1620. The molecule has 1 aromatic carbocycles. The number of nitrogens with zero attached hydrogens (tertiary/aromatic N) is 8. The van der Waals surface area contributed by atoms with Gasteiger partial charge in [0.05, 0.1) is 5.56 Å². The highest BCUT2D eigenvalue weighted by Crippen LogP contribution is 2.45. The van der Waals surface area contributed by atoms with Crippen molar-refractivity contribution in [1.29, 1.82) is 0 Å². The van der Waals surface area contributed by atoms with E-state index in [0.717, 1.165) is 71.4 Å². The quantitative estimate of drug-likeness (QED) is 0.388. The highest BCUT2D eigenvalue weighted by Gasteiger charge is 2.48. The minimum Gasteiger partial charge on any atom is -0.434 e. The van der Waals surface area contributed by atoms with E-state index in [4.69, 9.17) is 4.74 Å². The molecule has 2 atom stereocenters. The summed E-state index contributed by atoms with van der Waals surface area (Å²) >= 11 is 0. The second-order valence-corrected chi connectivity index (χ2v) is 17.2. The number of hydrogen-bond donors (Lipinski definition) is 1. The number of carbonyl (C=O) groups excluding carboxylic acids is 1. The van der Waals surface area contributed by atoms with Gasteiger partial charge in [0.15, 0.2) is 5.82 Å². The summed E-state index contributed by atoms with van der Waals surface area (Å²) in [6.07, 6.45) is 6.31. The average molecular weight is 736 g/mol. The van der Waals surface area contributed by atoms with E-state index in [2.05, 4.69) is 30.3 Å². The Morgan fingerprint density at radius 1 is 1.10 bits per heavy atom. The molecule has 0 aliphatic carbocycles. The SMILES string of the molecule is CC(C)N(C(=O)c1cc(F)ccc1Oc1nncnc1N1CC2(CCN(CC3CCN(S(=O)(=O)N4C[C@@H]5C[C@H]4CN5)CC3)CC2)C1)C(C)C.Cl. The van der Waals surface area contributed by atoms with Gasteiger partial charge in [-0.25, -0.2) is 9.37 Å². The topological polar surface area (TPSA) is 127 Å². The third kappa shape index (κ3) is 7.31. The van der Waals surface area contributed by atoms with Crippen molar-refractivity contribution < 1.29 is 22.3 Å². The molecule has 7 rings (SSSR count). The molecule has 0 unspecified atom stereocenters. The van der Waals surface area contributed by atoms with Crippen molar-refractivity contribution in [2.45, 2.75) is 84.0 Å². The van der Waals surface area contributed by atoms with Gasteiger partial charge in [-0.2, -0.15) is 17.0 Å². The van der Waals surface area contributed by atoms with Crippen molar-refractivity contribution in [1.82, 2.24) is 38.9 Å². The number of halogens is 2. The third-order valence-electron chi connectivity index (χ3n) is 11.3. The summed E-state index contributed by atoms with van der Waals surface area (Å²) in [6, 6.07) is 4.22. The van der Waals surface area contributed by atoms with Gasteiger partial charge < -0.3 is 24.8 Å². The molecule has 2 aromatic rings. The summed E-state index contributed by atoms with van der Waals surface area (Å²) in [5.74, 6) is 0.659. The second-order valence-electron chi connectivity index (χ2n) is 15.3. The van der Waals surface area contributed by atoms with Crippen LogP contribution in [0.15, 0.2) is 24.5 Å². The lowest BCUT2D eigenvalue weighted by Crippen LogP contribution is -2.61. The molecule has 6 heterocycles. The number of nitrogens with one attached hydrogen (secondary N) is 1. The fourth-order valence-corrected chi connectivity index (χ4v) is 10.6. The second kappa shape index (κ2) is 14.7. The van der Waals surface area contributed by atoms with E-state index >= 15 is 0 Å². The normalized spacial score (nSPS) is 24.5. The molecule has 5 aliphatic rings. The van der Waals surface area contributed by atoms with Crippen LogP contribution in [0.1, 0.15) is 70.2 Å². The first kappa shape index (κ1) is 37.1. The summed E-state index contributed by atoms with van der Waals surface area (Å²) in [6.45, 7) is 15.0. The third-order valence-corrected chi connectivity index (χ3v) is 13.3. The Balaban J connectivity index is 0.00000432. The van der Waals surface area contributed by atoms with Crippen LogP contribution in [-0.4, -0.2) is 131 Å².